The van der Waals surface area contributed by atoms with Gasteiger partial charge < -0.3 is 5.32 Å². The second-order valence-corrected chi connectivity index (χ2v) is 5.62. The van der Waals surface area contributed by atoms with E-state index in [4.69, 9.17) is 5.14 Å². The zero-order valence-corrected chi connectivity index (χ0v) is 11.2. The molecule has 0 aromatic heterocycles. The van der Waals surface area contributed by atoms with Gasteiger partial charge in [-0.15, -0.1) is 0 Å². The van der Waals surface area contributed by atoms with E-state index in [1.54, 1.807) is 6.92 Å². The summed E-state index contributed by atoms with van der Waals surface area (Å²) in [6.07, 6.45) is 0. The van der Waals surface area contributed by atoms with Gasteiger partial charge in [-0.05, 0) is 19.1 Å². The van der Waals surface area contributed by atoms with E-state index in [1.165, 1.54) is 6.07 Å². The fourth-order valence-corrected chi connectivity index (χ4v) is 2.45. The van der Waals surface area contributed by atoms with Gasteiger partial charge in [0.25, 0.3) is 5.91 Å². The first-order valence-corrected chi connectivity index (χ1v) is 6.91. The highest BCUT2D eigenvalue weighted by molar-refractivity contribution is 9.10. The maximum Gasteiger partial charge on any atom is 0.254 e. The molecule has 0 fully saturated rings. The van der Waals surface area contributed by atoms with Gasteiger partial charge in [-0.2, -0.15) is 0 Å². The number of primary sulfonamides is 1. The summed E-state index contributed by atoms with van der Waals surface area (Å²) in [5.41, 5.74) is -0.370. The predicted molar refractivity (Wildman–Crippen MR) is 63.5 cm³/mol. The van der Waals surface area contributed by atoms with Gasteiger partial charge in [0.15, 0.2) is 5.82 Å². The third-order valence-corrected chi connectivity index (χ3v) is 3.26. The lowest BCUT2D eigenvalue weighted by atomic mass is 10.2. The third kappa shape index (κ3) is 3.24. The second-order valence-electron chi connectivity index (χ2n) is 3.17. The fraction of sp³-hybridized carbons (Fsp3) is 0.222. The zero-order valence-electron chi connectivity index (χ0n) is 8.83. The van der Waals surface area contributed by atoms with Gasteiger partial charge in [0, 0.05) is 11.0 Å². The minimum Gasteiger partial charge on any atom is -0.352 e. The molecule has 5 nitrogen and oxygen atoms in total. The average molecular weight is 325 g/mol. The van der Waals surface area contributed by atoms with Crippen LogP contribution in [0, 0.1) is 5.82 Å². The first-order valence-electron chi connectivity index (χ1n) is 4.57. The predicted octanol–water partition coefficient (Wildman–Crippen LogP) is 0.985. The molecule has 0 aliphatic heterocycles. The van der Waals surface area contributed by atoms with Crippen LogP contribution in [0.25, 0.3) is 0 Å². The van der Waals surface area contributed by atoms with Gasteiger partial charge in [0.1, 0.15) is 4.90 Å². The molecule has 0 aliphatic rings. The Morgan fingerprint density at radius 1 is 1.53 bits per heavy atom. The van der Waals surface area contributed by atoms with E-state index < -0.39 is 26.6 Å². The topological polar surface area (TPSA) is 89.3 Å². The lowest BCUT2D eigenvalue weighted by molar-refractivity contribution is 0.0951. The quantitative estimate of drug-likeness (QED) is 0.868. The number of rotatable bonds is 3. The number of sulfonamides is 1. The molecule has 1 amide bonds. The van der Waals surface area contributed by atoms with Crippen LogP contribution >= 0.6 is 15.9 Å². The molecule has 0 saturated heterocycles. The fourth-order valence-electron chi connectivity index (χ4n) is 1.19. The smallest absolute Gasteiger partial charge is 0.254 e. The number of hydrogen-bond acceptors (Lipinski definition) is 3. The molecule has 1 aromatic carbocycles. The highest BCUT2D eigenvalue weighted by atomic mass is 79.9. The van der Waals surface area contributed by atoms with Crippen LogP contribution in [-0.4, -0.2) is 20.9 Å². The molecular formula is C9H10BrFN2O3S. The van der Waals surface area contributed by atoms with E-state index in [-0.39, 0.29) is 10.0 Å². The third-order valence-electron chi connectivity index (χ3n) is 1.89. The molecule has 1 rings (SSSR count). The van der Waals surface area contributed by atoms with E-state index >= 15 is 0 Å². The van der Waals surface area contributed by atoms with E-state index in [2.05, 4.69) is 21.2 Å². The Labute approximate surface area is 106 Å². The van der Waals surface area contributed by atoms with Crippen molar-refractivity contribution in [3.05, 3.63) is 28.0 Å². The summed E-state index contributed by atoms with van der Waals surface area (Å²) in [5.74, 6) is -1.85. The summed E-state index contributed by atoms with van der Waals surface area (Å²) in [5, 5.41) is 7.22. The molecule has 0 bridgehead atoms. The van der Waals surface area contributed by atoms with Gasteiger partial charge >= 0.3 is 0 Å². The molecule has 3 N–H and O–H groups in total. The van der Waals surface area contributed by atoms with E-state index in [0.29, 0.717) is 6.54 Å². The number of nitrogens with one attached hydrogen (secondary N) is 1. The van der Waals surface area contributed by atoms with Crippen LogP contribution in [0.1, 0.15) is 17.3 Å². The Morgan fingerprint density at radius 3 is 2.59 bits per heavy atom. The molecule has 0 heterocycles. The van der Waals surface area contributed by atoms with Gasteiger partial charge in [0.2, 0.25) is 10.0 Å². The van der Waals surface area contributed by atoms with Crippen LogP contribution in [0.5, 0.6) is 0 Å². The summed E-state index contributed by atoms with van der Waals surface area (Å²) < 4.78 is 36.3. The Morgan fingerprint density at radius 2 is 2.12 bits per heavy atom. The number of amides is 1. The van der Waals surface area contributed by atoms with Gasteiger partial charge in [-0.25, -0.2) is 17.9 Å². The van der Waals surface area contributed by atoms with E-state index in [0.717, 1.165) is 6.07 Å². The SMILES string of the molecule is CCNC(=O)c1cc(Br)cc(S(N)(=O)=O)c1F. The van der Waals surface area contributed by atoms with Crippen LogP contribution < -0.4 is 10.5 Å². The van der Waals surface area contributed by atoms with Crippen molar-refractivity contribution in [3.8, 4) is 0 Å². The summed E-state index contributed by atoms with van der Waals surface area (Å²) in [7, 11) is -4.21. The van der Waals surface area contributed by atoms with E-state index in [1.807, 2.05) is 0 Å². The maximum atomic E-state index is 13.8. The molecule has 0 radical (unpaired) electrons. The minimum absolute atomic E-state index is 0.254. The van der Waals surface area contributed by atoms with Crippen molar-refractivity contribution in [3.63, 3.8) is 0 Å². The number of hydrogen-bond donors (Lipinski definition) is 2. The number of halogens is 2. The Balaban J connectivity index is 3.44. The lowest BCUT2D eigenvalue weighted by Crippen LogP contribution is -2.25. The Kier molecular flexibility index (Phi) is 4.23. The number of benzene rings is 1. The molecule has 1 aromatic rings. The molecule has 0 unspecified atom stereocenters. The first kappa shape index (κ1) is 14.1. The number of carbonyl (C=O) groups excluding carboxylic acids is 1. The zero-order chi connectivity index (χ0) is 13.2. The molecule has 17 heavy (non-hydrogen) atoms. The van der Waals surface area contributed by atoms with Crippen LogP contribution in [0.15, 0.2) is 21.5 Å². The maximum absolute atomic E-state index is 13.8. The van der Waals surface area contributed by atoms with Gasteiger partial charge in [0.05, 0.1) is 5.56 Å². The summed E-state index contributed by atoms with van der Waals surface area (Å²) in [4.78, 5) is 10.8. The van der Waals surface area contributed by atoms with Crippen molar-refractivity contribution in [1.29, 1.82) is 0 Å². The van der Waals surface area contributed by atoms with Crippen LogP contribution in [-0.2, 0) is 10.0 Å². The Hall–Kier alpha value is -0.990. The summed E-state index contributed by atoms with van der Waals surface area (Å²) in [6.45, 7) is 1.96. The summed E-state index contributed by atoms with van der Waals surface area (Å²) >= 11 is 2.99. The molecule has 8 heteroatoms. The van der Waals surface area contributed by atoms with Crippen molar-refractivity contribution >= 4 is 31.9 Å². The van der Waals surface area contributed by atoms with Crippen LogP contribution in [0.3, 0.4) is 0 Å². The van der Waals surface area contributed by atoms with Crippen molar-refractivity contribution in [2.45, 2.75) is 11.8 Å². The standard InChI is InChI=1S/C9H10BrFN2O3S/c1-2-13-9(14)6-3-5(10)4-7(8(6)11)17(12,15)16/h3-4H,2H2,1H3,(H,13,14)(H2,12,15,16). The van der Waals surface area contributed by atoms with Gasteiger partial charge in [-0.3, -0.25) is 4.79 Å². The lowest BCUT2D eigenvalue weighted by Gasteiger charge is -2.08. The van der Waals surface area contributed by atoms with Gasteiger partial charge in [-0.1, -0.05) is 15.9 Å². The molecular weight excluding hydrogens is 315 g/mol. The summed E-state index contributed by atoms with van der Waals surface area (Å²) in [6, 6.07) is 2.20. The first-order chi connectivity index (χ1) is 7.77. The molecule has 0 aliphatic carbocycles. The Bertz CT molecular complexity index is 560. The monoisotopic (exact) mass is 324 g/mol. The number of nitrogens with two attached hydrogens (primary N) is 1. The minimum atomic E-state index is -4.21. The largest absolute Gasteiger partial charge is 0.352 e. The van der Waals surface area contributed by atoms with E-state index in [9.17, 15) is 17.6 Å². The number of carbonyl (C=O) groups is 1. The van der Waals surface area contributed by atoms with Crippen molar-refractivity contribution in [2.75, 3.05) is 6.54 Å². The normalized spacial score (nSPS) is 11.3. The second kappa shape index (κ2) is 5.11. The van der Waals surface area contributed by atoms with Crippen molar-refractivity contribution in [1.82, 2.24) is 5.32 Å². The highest BCUT2D eigenvalue weighted by Crippen LogP contribution is 2.23. The molecule has 0 atom stereocenters. The molecule has 0 saturated carbocycles. The van der Waals surface area contributed by atoms with Crippen molar-refractivity contribution < 1.29 is 17.6 Å². The van der Waals surface area contributed by atoms with Crippen molar-refractivity contribution in [2.24, 2.45) is 5.14 Å². The molecule has 0 spiro atoms. The highest BCUT2D eigenvalue weighted by Gasteiger charge is 2.22. The molecule has 94 valence electrons. The van der Waals surface area contributed by atoms with Crippen LogP contribution in [0.2, 0.25) is 0 Å². The van der Waals surface area contributed by atoms with Crippen LogP contribution in [0.4, 0.5) is 4.39 Å². The average Bonchev–Trinajstić information content (AvgIpc) is 2.19.